The summed E-state index contributed by atoms with van der Waals surface area (Å²) in [4.78, 5) is 86.5. The number of unbranched alkanes of at least 4 members (excludes halogenated alkanes) is 4. The Morgan fingerprint density at radius 2 is 1.35 bits per heavy atom. The first-order valence-electron chi connectivity index (χ1n) is 12.4. The van der Waals surface area contributed by atoms with E-state index in [9.17, 15) is 33.6 Å². The molecule has 1 N–H and O–H groups in total. The number of ether oxygens (including phenoxy) is 2. The van der Waals surface area contributed by atoms with E-state index >= 15 is 0 Å². The fourth-order valence-corrected chi connectivity index (χ4v) is 3.48. The molecule has 0 saturated carbocycles. The number of nitrogens with one attached hydrogen (secondary N) is 1. The summed E-state index contributed by atoms with van der Waals surface area (Å²) in [5.41, 5.74) is 0. The van der Waals surface area contributed by atoms with E-state index in [1.807, 2.05) is 0 Å². The van der Waals surface area contributed by atoms with Gasteiger partial charge in [0.15, 0.2) is 0 Å². The zero-order chi connectivity index (χ0) is 27.0. The Balaban J connectivity index is 1.34. The average molecular weight is 524 g/mol. The molecule has 0 aromatic carbocycles. The van der Waals surface area contributed by atoms with Crippen LogP contribution in [0.5, 0.6) is 0 Å². The number of imide groups is 2. The average Bonchev–Trinajstić information content (AvgIpc) is 3.36. The fourth-order valence-electron chi connectivity index (χ4n) is 3.48. The van der Waals surface area contributed by atoms with E-state index in [1.54, 1.807) is 0 Å². The molecule has 0 aromatic heterocycles. The van der Waals surface area contributed by atoms with Gasteiger partial charge in [-0.3, -0.25) is 33.7 Å². The molecule has 2 heterocycles. The number of rotatable bonds is 18. The topological polar surface area (TPSA) is 166 Å². The quantitative estimate of drug-likeness (QED) is 0.150. The molecule has 2 aliphatic heterocycles. The van der Waals surface area contributed by atoms with Gasteiger partial charge < -0.3 is 19.6 Å². The van der Waals surface area contributed by atoms with Crippen LogP contribution in [0.1, 0.15) is 64.2 Å². The predicted molar refractivity (Wildman–Crippen MR) is 125 cm³/mol. The molecule has 0 unspecified atom stereocenters. The number of carbonyl (C=O) groups is 7. The third kappa shape index (κ3) is 11.3. The van der Waals surface area contributed by atoms with Crippen molar-refractivity contribution in [3.05, 3.63) is 12.2 Å². The standard InChI is InChI=1S/C24H33N3O10/c28-18(12-14-26-19(29)8-9-20(26)30)25-13-15-35-16-17-36-23(33)6-4-2-1-3-5-7-24(34)37-27-21(31)10-11-22(27)32/h8-9H,1-7,10-17H2,(H,25,28). The maximum Gasteiger partial charge on any atom is 0.333 e. The number of carbonyl (C=O) groups excluding carboxylic acids is 7. The van der Waals surface area contributed by atoms with Crippen molar-refractivity contribution in [1.82, 2.24) is 15.3 Å². The van der Waals surface area contributed by atoms with Gasteiger partial charge in [-0.1, -0.05) is 19.3 Å². The molecule has 2 rings (SSSR count). The van der Waals surface area contributed by atoms with Crippen LogP contribution >= 0.6 is 0 Å². The van der Waals surface area contributed by atoms with Crippen molar-refractivity contribution in [3.8, 4) is 0 Å². The van der Waals surface area contributed by atoms with Gasteiger partial charge in [-0.15, -0.1) is 5.06 Å². The molecule has 0 radical (unpaired) electrons. The van der Waals surface area contributed by atoms with Gasteiger partial charge in [0.1, 0.15) is 6.61 Å². The van der Waals surface area contributed by atoms with Crippen molar-refractivity contribution in [1.29, 1.82) is 0 Å². The predicted octanol–water partition coefficient (Wildman–Crippen LogP) is 0.315. The molecule has 37 heavy (non-hydrogen) atoms. The smallest absolute Gasteiger partial charge is 0.333 e. The Hall–Kier alpha value is -3.61. The van der Waals surface area contributed by atoms with E-state index in [2.05, 4.69) is 5.32 Å². The number of hydrogen-bond acceptors (Lipinski definition) is 10. The maximum atomic E-state index is 11.7. The van der Waals surface area contributed by atoms with Crippen molar-refractivity contribution >= 4 is 41.5 Å². The van der Waals surface area contributed by atoms with E-state index in [4.69, 9.17) is 14.3 Å². The molecule has 13 heteroatoms. The third-order valence-corrected chi connectivity index (χ3v) is 5.48. The highest BCUT2D eigenvalue weighted by Gasteiger charge is 2.32. The van der Waals surface area contributed by atoms with E-state index < -0.39 is 29.6 Å². The van der Waals surface area contributed by atoms with E-state index in [0.717, 1.165) is 24.2 Å². The van der Waals surface area contributed by atoms with Crippen molar-refractivity contribution in [2.75, 3.05) is 32.9 Å². The molecule has 1 fully saturated rings. The highest BCUT2D eigenvalue weighted by molar-refractivity contribution is 6.13. The number of hydroxylamine groups is 2. The van der Waals surface area contributed by atoms with Crippen molar-refractivity contribution in [2.24, 2.45) is 0 Å². The Morgan fingerprint density at radius 1 is 0.757 bits per heavy atom. The second kappa shape index (κ2) is 16.2. The Morgan fingerprint density at radius 3 is 2.00 bits per heavy atom. The van der Waals surface area contributed by atoms with Gasteiger partial charge in [-0.05, 0) is 12.8 Å². The third-order valence-electron chi connectivity index (χ3n) is 5.48. The highest BCUT2D eigenvalue weighted by Crippen LogP contribution is 2.14. The van der Waals surface area contributed by atoms with Gasteiger partial charge in [0.2, 0.25) is 5.91 Å². The first-order chi connectivity index (χ1) is 17.8. The zero-order valence-electron chi connectivity index (χ0n) is 20.7. The summed E-state index contributed by atoms with van der Waals surface area (Å²) in [7, 11) is 0. The van der Waals surface area contributed by atoms with Crippen LogP contribution in [0.15, 0.2) is 12.2 Å². The van der Waals surface area contributed by atoms with Crippen LogP contribution in [-0.2, 0) is 47.9 Å². The van der Waals surface area contributed by atoms with Gasteiger partial charge in [0, 0.05) is 57.3 Å². The lowest BCUT2D eigenvalue weighted by atomic mass is 10.1. The second-order valence-electron chi connectivity index (χ2n) is 8.41. The van der Waals surface area contributed by atoms with Crippen LogP contribution in [0.25, 0.3) is 0 Å². The summed E-state index contributed by atoms with van der Waals surface area (Å²) < 4.78 is 10.4. The van der Waals surface area contributed by atoms with E-state index in [-0.39, 0.29) is 76.9 Å². The Bertz CT molecular complexity index is 867. The molecular formula is C24H33N3O10. The van der Waals surface area contributed by atoms with E-state index in [1.165, 1.54) is 12.2 Å². The lowest BCUT2D eigenvalue weighted by molar-refractivity contribution is -0.197. The molecule has 1 saturated heterocycles. The van der Waals surface area contributed by atoms with Crippen LogP contribution in [-0.4, -0.2) is 84.3 Å². The van der Waals surface area contributed by atoms with Crippen molar-refractivity contribution in [2.45, 2.75) is 64.2 Å². The van der Waals surface area contributed by atoms with Crippen LogP contribution < -0.4 is 5.32 Å². The highest BCUT2D eigenvalue weighted by atomic mass is 16.7. The SMILES string of the molecule is O=C(CCN1C(=O)C=CC1=O)NCCOCCOC(=O)CCCCCCCC(=O)ON1C(=O)CCC1=O. The first-order valence-corrected chi connectivity index (χ1v) is 12.4. The van der Waals surface area contributed by atoms with Gasteiger partial charge in [0.05, 0.1) is 13.2 Å². The minimum atomic E-state index is -0.609. The molecule has 0 atom stereocenters. The lowest BCUT2D eigenvalue weighted by Gasteiger charge is -2.13. The minimum Gasteiger partial charge on any atom is -0.463 e. The van der Waals surface area contributed by atoms with Gasteiger partial charge in [0.25, 0.3) is 23.6 Å². The van der Waals surface area contributed by atoms with Crippen LogP contribution in [0, 0.1) is 0 Å². The molecule has 0 spiro atoms. The fraction of sp³-hybridized carbons (Fsp3) is 0.625. The summed E-state index contributed by atoms with van der Waals surface area (Å²) in [5.74, 6) is -3.10. The van der Waals surface area contributed by atoms with Crippen LogP contribution in [0.4, 0.5) is 0 Å². The van der Waals surface area contributed by atoms with Gasteiger partial charge >= 0.3 is 11.9 Å². The second-order valence-corrected chi connectivity index (χ2v) is 8.41. The Kier molecular flexibility index (Phi) is 13.0. The van der Waals surface area contributed by atoms with Crippen molar-refractivity contribution < 1.29 is 47.9 Å². The van der Waals surface area contributed by atoms with Crippen LogP contribution in [0.3, 0.4) is 0 Å². The van der Waals surface area contributed by atoms with E-state index in [0.29, 0.717) is 17.9 Å². The monoisotopic (exact) mass is 523 g/mol. The lowest BCUT2D eigenvalue weighted by Crippen LogP contribution is -2.35. The maximum absolute atomic E-state index is 11.7. The number of amides is 5. The molecule has 5 amide bonds. The van der Waals surface area contributed by atoms with Crippen LogP contribution in [0.2, 0.25) is 0 Å². The summed E-state index contributed by atoms with van der Waals surface area (Å²) in [6.07, 6.45) is 6.43. The summed E-state index contributed by atoms with van der Waals surface area (Å²) in [6, 6.07) is 0. The van der Waals surface area contributed by atoms with Crippen molar-refractivity contribution in [3.63, 3.8) is 0 Å². The summed E-state index contributed by atoms with van der Waals surface area (Å²) in [5, 5.41) is 3.16. The summed E-state index contributed by atoms with van der Waals surface area (Å²) >= 11 is 0. The normalized spacial score (nSPS) is 15.0. The first kappa shape index (κ1) is 29.6. The minimum absolute atomic E-state index is 0.00633. The van der Waals surface area contributed by atoms with Gasteiger partial charge in [-0.25, -0.2) is 4.79 Å². The number of nitrogens with zero attached hydrogens (tertiary/aromatic N) is 2. The summed E-state index contributed by atoms with van der Waals surface area (Å²) in [6.45, 7) is 0.786. The zero-order valence-corrected chi connectivity index (χ0v) is 20.7. The molecule has 2 aliphatic rings. The molecule has 0 bridgehead atoms. The molecule has 13 nitrogen and oxygen atoms in total. The number of esters is 1. The Labute approximate surface area is 214 Å². The largest absolute Gasteiger partial charge is 0.463 e. The molecule has 0 aromatic rings. The molecule has 204 valence electrons. The molecular weight excluding hydrogens is 490 g/mol. The number of hydrogen-bond donors (Lipinski definition) is 1. The van der Waals surface area contributed by atoms with Gasteiger partial charge in [-0.2, -0.15) is 0 Å². The molecule has 0 aliphatic carbocycles.